The predicted octanol–water partition coefficient (Wildman–Crippen LogP) is 5.74. The molecule has 2 heteroatoms. The maximum Gasteiger partial charge on any atom is 0.169 e. The third kappa shape index (κ3) is 2.97. The summed E-state index contributed by atoms with van der Waals surface area (Å²) < 4.78 is 0. The number of rotatable bonds is 4. The van der Waals surface area contributed by atoms with Crippen LogP contribution in [0.5, 0.6) is 0 Å². The Morgan fingerprint density at radius 1 is 0.963 bits per heavy atom. The van der Waals surface area contributed by atoms with E-state index >= 15 is 0 Å². The van der Waals surface area contributed by atoms with E-state index in [1.807, 2.05) is 48.5 Å². The predicted molar refractivity (Wildman–Crippen MR) is 108 cm³/mol. The highest BCUT2D eigenvalue weighted by atomic mass is 16.1. The molecule has 4 rings (SSSR count). The molecular formula is C25H26O2. The summed E-state index contributed by atoms with van der Waals surface area (Å²) in [6.45, 7) is 3.77. The van der Waals surface area contributed by atoms with Crippen molar-refractivity contribution in [2.75, 3.05) is 0 Å². The highest BCUT2D eigenvalue weighted by Crippen LogP contribution is 2.57. The molecule has 0 radical (unpaired) electrons. The molecule has 138 valence electrons. The summed E-state index contributed by atoms with van der Waals surface area (Å²) in [5.74, 6) is 0.384. The summed E-state index contributed by atoms with van der Waals surface area (Å²) >= 11 is 0. The molecule has 2 nitrogen and oxygen atoms in total. The van der Waals surface area contributed by atoms with Gasteiger partial charge in [0.05, 0.1) is 0 Å². The van der Waals surface area contributed by atoms with Crippen LogP contribution in [0, 0.1) is 17.3 Å². The molecule has 1 saturated carbocycles. The van der Waals surface area contributed by atoms with Gasteiger partial charge in [-0.25, -0.2) is 0 Å². The second kappa shape index (κ2) is 6.92. The van der Waals surface area contributed by atoms with E-state index in [1.54, 1.807) is 6.92 Å². The average Bonchev–Trinajstić information content (AvgIpc) is 3.19. The monoisotopic (exact) mass is 358 g/mol. The number of carbonyl (C=O) groups excluding carboxylic acids is 2. The molecule has 0 amide bonds. The summed E-state index contributed by atoms with van der Waals surface area (Å²) in [5, 5.41) is 0. The third-order valence-electron chi connectivity index (χ3n) is 6.58. The maximum absolute atomic E-state index is 13.5. The fraction of sp³-hybridized carbons (Fsp3) is 0.360. The van der Waals surface area contributed by atoms with Crippen molar-refractivity contribution in [3.05, 3.63) is 77.4 Å². The van der Waals surface area contributed by atoms with E-state index in [0.29, 0.717) is 6.42 Å². The molecule has 0 heterocycles. The van der Waals surface area contributed by atoms with E-state index in [4.69, 9.17) is 0 Å². The highest BCUT2D eigenvalue weighted by Gasteiger charge is 2.51. The second-order valence-electron chi connectivity index (χ2n) is 8.23. The lowest BCUT2D eigenvalue weighted by molar-refractivity contribution is -0.120. The molecule has 1 fully saturated rings. The Bertz CT molecular complexity index is 894. The van der Waals surface area contributed by atoms with Crippen molar-refractivity contribution < 1.29 is 9.59 Å². The van der Waals surface area contributed by atoms with E-state index in [1.165, 1.54) is 11.1 Å². The first-order chi connectivity index (χ1) is 13.0. The Morgan fingerprint density at radius 3 is 2.22 bits per heavy atom. The Labute approximate surface area is 161 Å². The quantitative estimate of drug-likeness (QED) is 0.653. The van der Waals surface area contributed by atoms with E-state index in [-0.39, 0.29) is 23.4 Å². The lowest BCUT2D eigenvalue weighted by Gasteiger charge is -2.43. The molecular weight excluding hydrogens is 332 g/mol. The van der Waals surface area contributed by atoms with Crippen LogP contribution in [-0.4, -0.2) is 11.6 Å². The summed E-state index contributed by atoms with van der Waals surface area (Å²) in [5.41, 5.74) is 3.94. The molecule has 0 bridgehead atoms. The van der Waals surface area contributed by atoms with Gasteiger partial charge in [0.1, 0.15) is 5.78 Å². The zero-order valence-electron chi connectivity index (χ0n) is 16.1. The molecule has 2 aromatic carbocycles. The molecule has 0 spiro atoms. The smallest absolute Gasteiger partial charge is 0.169 e. The van der Waals surface area contributed by atoms with Crippen molar-refractivity contribution in [1.29, 1.82) is 0 Å². The van der Waals surface area contributed by atoms with Gasteiger partial charge in [-0.15, -0.1) is 0 Å². The summed E-state index contributed by atoms with van der Waals surface area (Å²) in [6, 6.07) is 19.9. The lowest BCUT2D eigenvalue weighted by Crippen LogP contribution is -2.42. The van der Waals surface area contributed by atoms with Crippen molar-refractivity contribution in [2.24, 2.45) is 17.3 Å². The van der Waals surface area contributed by atoms with Gasteiger partial charge in [-0.2, -0.15) is 0 Å². The normalized spacial score (nSPS) is 27.3. The van der Waals surface area contributed by atoms with Crippen molar-refractivity contribution >= 4 is 17.1 Å². The Hall–Kier alpha value is -2.48. The molecule has 0 aromatic heterocycles. The van der Waals surface area contributed by atoms with Crippen LogP contribution < -0.4 is 0 Å². The molecule has 0 unspecified atom stereocenters. The van der Waals surface area contributed by atoms with Crippen LogP contribution in [0.25, 0.3) is 5.57 Å². The molecule has 0 saturated heterocycles. The van der Waals surface area contributed by atoms with E-state index in [9.17, 15) is 9.59 Å². The van der Waals surface area contributed by atoms with Crippen LogP contribution in [0.15, 0.2) is 66.2 Å². The van der Waals surface area contributed by atoms with E-state index < -0.39 is 5.41 Å². The minimum absolute atomic E-state index is 0.166. The maximum atomic E-state index is 13.5. The fourth-order valence-corrected chi connectivity index (χ4v) is 5.28. The first-order valence-electron chi connectivity index (χ1n) is 9.91. The van der Waals surface area contributed by atoms with Gasteiger partial charge in [-0.05, 0) is 49.7 Å². The number of benzene rings is 2. The van der Waals surface area contributed by atoms with Crippen LogP contribution in [0.1, 0.15) is 55.5 Å². The summed E-state index contributed by atoms with van der Waals surface area (Å²) in [6.07, 6.45) is 3.73. The van der Waals surface area contributed by atoms with Crippen molar-refractivity contribution in [3.8, 4) is 0 Å². The van der Waals surface area contributed by atoms with Crippen LogP contribution in [0.4, 0.5) is 0 Å². The zero-order valence-corrected chi connectivity index (χ0v) is 16.1. The van der Waals surface area contributed by atoms with E-state index in [0.717, 1.165) is 30.4 Å². The minimum atomic E-state index is -0.512. The van der Waals surface area contributed by atoms with Gasteiger partial charge < -0.3 is 0 Å². The number of hydrogen-bond acceptors (Lipinski definition) is 2. The molecule has 0 aliphatic heterocycles. The van der Waals surface area contributed by atoms with Crippen molar-refractivity contribution in [1.82, 2.24) is 0 Å². The SMILES string of the molecule is CC(=O)[C@@H]1C[C@@](C)(C(=O)c2ccccc2)[C@H]2CCCC2=C1c1ccccc1. The first kappa shape index (κ1) is 17.9. The number of fused-ring (bicyclic) bond motifs is 1. The number of Topliss-reactive ketones (excluding diaryl/α,β-unsaturated/α-hetero) is 2. The van der Waals surface area contributed by atoms with Crippen LogP contribution in [-0.2, 0) is 4.79 Å². The number of hydrogen-bond donors (Lipinski definition) is 0. The fourth-order valence-electron chi connectivity index (χ4n) is 5.28. The zero-order chi connectivity index (χ0) is 19.0. The average molecular weight is 358 g/mol. The summed E-state index contributed by atoms with van der Waals surface area (Å²) in [7, 11) is 0. The van der Waals surface area contributed by atoms with Gasteiger partial charge >= 0.3 is 0 Å². The van der Waals surface area contributed by atoms with Crippen LogP contribution in [0.2, 0.25) is 0 Å². The number of allylic oxidation sites excluding steroid dienone is 2. The molecule has 3 atom stereocenters. The third-order valence-corrected chi connectivity index (χ3v) is 6.58. The Morgan fingerprint density at radius 2 is 1.59 bits per heavy atom. The van der Waals surface area contributed by atoms with Gasteiger partial charge in [-0.1, -0.05) is 73.2 Å². The van der Waals surface area contributed by atoms with Gasteiger partial charge in [0.15, 0.2) is 5.78 Å². The van der Waals surface area contributed by atoms with Crippen molar-refractivity contribution in [2.45, 2.75) is 39.5 Å². The first-order valence-corrected chi connectivity index (χ1v) is 9.91. The number of ketones is 2. The van der Waals surface area contributed by atoms with Crippen molar-refractivity contribution in [3.63, 3.8) is 0 Å². The van der Waals surface area contributed by atoms with Gasteiger partial charge in [0.25, 0.3) is 0 Å². The van der Waals surface area contributed by atoms with E-state index in [2.05, 4.69) is 19.1 Å². The molecule has 27 heavy (non-hydrogen) atoms. The van der Waals surface area contributed by atoms with Gasteiger partial charge in [0, 0.05) is 16.9 Å². The Kier molecular flexibility index (Phi) is 4.59. The lowest BCUT2D eigenvalue weighted by atomic mass is 9.58. The minimum Gasteiger partial charge on any atom is -0.299 e. The molecule has 2 aliphatic rings. The topological polar surface area (TPSA) is 34.1 Å². The largest absolute Gasteiger partial charge is 0.299 e. The molecule has 2 aromatic rings. The molecule has 0 N–H and O–H groups in total. The van der Waals surface area contributed by atoms with Gasteiger partial charge in [-0.3, -0.25) is 9.59 Å². The van der Waals surface area contributed by atoms with Crippen LogP contribution in [0.3, 0.4) is 0 Å². The standard InChI is InChI=1S/C25H26O2/c1-17(26)21-16-25(2,24(27)19-12-7-4-8-13-19)22-15-9-14-20(22)23(21)18-10-5-3-6-11-18/h3-8,10-13,21-22H,9,14-16H2,1-2H3/t21-,22-,25+/m0/s1. The Balaban J connectivity index is 1.86. The molecule has 2 aliphatic carbocycles. The summed E-state index contributed by atoms with van der Waals surface area (Å²) in [4.78, 5) is 26.2. The van der Waals surface area contributed by atoms with Crippen LogP contribution >= 0.6 is 0 Å². The van der Waals surface area contributed by atoms with Gasteiger partial charge in [0.2, 0.25) is 0 Å². The second-order valence-corrected chi connectivity index (χ2v) is 8.23. The number of carbonyl (C=O) groups is 2. The highest BCUT2D eigenvalue weighted by molar-refractivity contribution is 6.03.